The van der Waals surface area contributed by atoms with Crippen molar-refractivity contribution < 1.29 is 17.6 Å². The molecule has 0 aromatic heterocycles. The van der Waals surface area contributed by atoms with Gasteiger partial charge in [0.1, 0.15) is 11.9 Å². The predicted molar refractivity (Wildman–Crippen MR) is 96.2 cm³/mol. The Labute approximate surface area is 147 Å². The molecule has 2 rings (SSSR count). The molecular weight excluding hydrogens is 343 g/mol. The maximum atomic E-state index is 13.5. The van der Waals surface area contributed by atoms with Crippen molar-refractivity contribution in [2.24, 2.45) is 0 Å². The van der Waals surface area contributed by atoms with Gasteiger partial charge in [-0.3, -0.25) is 9.10 Å². The number of amides is 1. The highest BCUT2D eigenvalue weighted by molar-refractivity contribution is 7.92. The molecule has 134 valence electrons. The molecule has 0 bridgehead atoms. The van der Waals surface area contributed by atoms with Crippen LogP contribution in [0.1, 0.15) is 18.1 Å². The van der Waals surface area contributed by atoms with Crippen LogP contribution in [0, 0.1) is 12.7 Å². The van der Waals surface area contributed by atoms with Crippen molar-refractivity contribution in [1.82, 2.24) is 5.32 Å². The van der Waals surface area contributed by atoms with E-state index in [-0.39, 0.29) is 12.2 Å². The molecule has 5 nitrogen and oxygen atoms in total. The fourth-order valence-electron chi connectivity index (χ4n) is 2.58. The molecule has 1 N–H and O–H groups in total. The van der Waals surface area contributed by atoms with Gasteiger partial charge in [-0.25, -0.2) is 12.8 Å². The number of hydrogen-bond donors (Lipinski definition) is 1. The van der Waals surface area contributed by atoms with Crippen LogP contribution in [0.3, 0.4) is 0 Å². The fraction of sp³-hybridized carbons (Fsp3) is 0.278. The molecule has 1 amide bonds. The Morgan fingerprint density at radius 3 is 2.48 bits per heavy atom. The van der Waals surface area contributed by atoms with Gasteiger partial charge in [0.25, 0.3) is 0 Å². The number of carbonyl (C=O) groups is 1. The molecule has 0 heterocycles. The lowest BCUT2D eigenvalue weighted by Gasteiger charge is -2.28. The number of benzene rings is 2. The smallest absolute Gasteiger partial charge is 0.243 e. The molecule has 0 aliphatic heterocycles. The van der Waals surface area contributed by atoms with Crippen molar-refractivity contribution in [3.63, 3.8) is 0 Å². The van der Waals surface area contributed by atoms with Crippen LogP contribution in [-0.4, -0.2) is 26.6 Å². The molecule has 2 aromatic rings. The van der Waals surface area contributed by atoms with Gasteiger partial charge in [-0.2, -0.15) is 0 Å². The second-order valence-electron chi connectivity index (χ2n) is 5.92. The standard InChI is InChI=1S/C18H21FN2O3S/c1-13-6-4-7-15(10-13)12-20-18(22)14(2)21(25(3,23)24)17-9-5-8-16(19)11-17/h4-11,14H,12H2,1-3H3,(H,20,22). The summed E-state index contributed by atoms with van der Waals surface area (Å²) < 4.78 is 38.6. The largest absolute Gasteiger partial charge is 0.350 e. The Morgan fingerprint density at radius 2 is 1.88 bits per heavy atom. The highest BCUT2D eigenvalue weighted by Gasteiger charge is 2.29. The normalized spacial score (nSPS) is 12.5. The Balaban J connectivity index is 2.18. The molecule has 2 aromatic carbocycles. The molecule has 0 radical (unpaired) electrons. The van der Waals surface area contributed by atoms with Gasteiger partial charge in [0, 0.05) is 6.54 Å². The number of halogens is 1. The van der Waals surface area contributed by atoms with Crippen molar-refractivity contribution >= 4 is 21.6 Å². The van der Waals surface area contributed by atoms with Crippen molar-refractivity contribution in [2.75, 3.05) is 10.6 Å². The van der Waals surface area contributed by atoms with Gasteiger partial charge in [-0.1, -0.05) is 35.9 Å². The van der Waals surface area contributed by atoms with E-state index < -0.39 is 27.8 Å². The molecule has 0 fully saturated rings. The third-order valence-electron chi connectivity index (χ3n) is 3.70. The van der Waals surface area contributed by atoms with E-state index in [1.54, 1.807) is 0 Å². The van der Waals surface area contributed by atoms with Gasteiger partial charge in [-0.05, 0) is 37.6 Å². The minimum Gasteiger partial charge on any atom is -0.350 e. The minimum atomic E-state index is -3.76. The van der Waals surface area contributed by atoms with Crippen LogP contribution >= 0.6 is 0 Å². The first-order valence-electron chi connectivity index (χ1n) is 7.76. The number of sulfonamides is 1. The van der Waals surface area contributed by atoms with Gasteiger partial charge in [0.05, 0.1) is 11.9 Å². The molecule has 0 saturated heterocycles. The van der Waals surface area contributed by atoms with Crippen LogP contribution in [0.4, 0.5) is 10.1 Å². The molecule has 0 saturated carbocycles. The van der Waals surface area contributed by atoms with Crippen molar-refractivity contribution in [2.45, 2.75) is 26.4 Å². The summed E-state index contributed by atoms with van der Waals surface area (Å²) in [6, 6.07) is 11.8. The van der Waals surface area contributed by atoms with Gasteiger partial charge in [0.2, 0.25) is 15.9 Å². The Bertz CT molecular complexity index is 868. The van der Waals surface area contributed by atoms with Crippen molar-refractivity contribution in [1.29, 1.82) is 0 Å². The number of carbonyl (C=O) groups excluding carboxylic acids is 1. The van der Waals surface area contributed by atoms with E-state index in [0.717, 1.165) is 27.8 Å². The molecule has 0 aliphatic rings. The number of nitrogens with one attached hydrogen (secondary N) is 1. The lowest BCUT2D eigenvalue weighted by atomic mass is 10.1. The van der Waals surface area contributed by atoms with Crippen molar-refractivity contribution in [3.8, 4) is 0 Å². The lowest BCUT2D eigenvalue weighted by Crippen LogP contribution is -2.47. The quantitative estimate of drug-likeness (QED) is 0.857. The first-order valence-corrected chi connectivity index (χ1v) is 9.61. The summed E-state index contributed by atoms with van der Waals surface area (Å²) in [5.74, 6) is -1.03. The molecular formula is C18H21FN2O3S. The number of hydrogen-bond acceptors (Lipinski definition) is 3. The zero-order valence-electron chi connectivity index (χ0n) is 14.4. The highest BCUT2D eigenvalue weighted by Crippen LogP contribution is 2.21. The zero-order valence-corrected chi connectivity index (χ0v) is 15.2. The van der Waals surface area contributed by atoms with Crippen LogP contribution < -0.4 is 9.62 Å². The molecule has 0 spiro atoms. The Hall–Kier alpha value is -2.41. The summed E-state index contributed by atoms with van der Waals surface area (Å²) in [5.41, 5.74) is 2.09. The molecule has 1 unspecified atom stereocenters. The average Bonchev–Trinajstić information content (AvgIpc) is 2.51. The number of anilines is 1. The van der Waals surface area contributed by atoms with Gasteiger partial charge in [0.15, 0.2) is 0 Å². The Morgan fingerprint density at radius 1 is 1.20 bits per heavy atom. The van der Waals surface area contributed by atoms with Crippen LogP contribution in [-0.2, 0) is 21.4 Å². The fourth-order valence-corrected chi connectivity index (χ4v) is 3.75. The summed E-state index contributed by atoms with van der Waals surface area (Å²) in [7, 11) is -3.76. The van der Waals surface area contributed by atoms with Crippen molar-refractivity contribution in [3.05, 3.63) is 65.5 Å². The van der Waals surface area contributed by atoms with E-state index in [2.05, 4.69) is 5.32 Å². The summed E-state index contributed by atoms with van der Waals surface area (Å²) in [4.78, 5) is 12.4. The minimum absolute atomic E-state index is 0.112. The van der Waals surface area contributed by atoms with Crippen LogP contribution in [0.2, 0.25) is 0 Å². The van der Waals surface area contributed by atoms with Crippen LogP contribution in [0.25, 0.3) is 0 Å². The first kappa shape index (κ1) is 18.9. The Kier molecular flexibility index (Phi) is 5.79. The van der Waals surface area contributed by atoms with E-state index in [0.29, 0.717) is 0 Å². The summed E-state index contributed by atoms with van der Waals surface area (Å²) in [5, 5.41) is 2.72. The van der Waals surface area contributed by atoms with E-state index >= 15 is 0 Å². The number of nitrogens with zero attached hydrogens (tertiary/aromatic N) is 1. The highest BCUT2D eigenvalue weighted by atomic mass is 32.2. The molecule has 0 aliphatic carbocycles. The predicted octanol–water partition coefficient (Wildman–Crippen LogP) is 2.61. The third-order valence-corrected chi connectivity index (χ3v) is 4.94. The third kappa shape index (κ3) is 5.03. The van der Waals surface area contributed by atoms with Gasteiger partial charge < -0.3 is 5.32 Å². The molecule has 1 atom stereocenters. The SMILES string of the molecule is Cc1cccc(CNC(=O)C(C)N(c2cccc(F)c2)S(C)(=O)=O)c1. The summed E-state index contributed by atoms with van der Waals surface area (Å²) >= 11 is 0. The maximum absolute atomic E-state index is 13.5. The monoisotopic (exact) mass is 364 g/mol. The van der Waals surface area contributed by atoms with Gasteiger partial charge in [-0.15, -0.1) is 0 Å². The van der Waals surface area contributed by atoms with E-state index in [1.807, 2.05) is 31.2 Å². The number of rotatable bonds is 6. The summed E-state index contributed by atoms with van der Waals surface area (Å²) in [6.07, 6.45) is 0.988. The average molecular weight is 364 g/mol. The lowest BCUT2D eigenvalue weighted by molar-refractivity contribution is -0.122. The van der Waals surface area contributed by atoms with E-state index in [1.165, 1.54) is 25.1 Å². The molecule has 7 heteroatoms. The van der Waals surface area contributed by atoms with Gasteiger partial charge >= 0.3 is 0 Å². The first-order chi connectivity index (χ1) is 11.7. The maximum Gasteiger partial charge on any atom is 0.243 e. The zero-order chi connectivity index (χ0) is 18.6. The second-order valence-corrected chi connectivity index (χ2v) is 7.78. The van der Waals surface area contributed by atoms with E-state index in [9.17, 15) is 17.6 Å². The topological polar surface area (TPSA) is 66.5 Å². The summed E-state index contributed by atoms with van der Waals surface area (Å²) in [6.45, 7) is 3.70. The van der Waals surface area contributed by atoms with Crippen LogP contribution in [0.5, 0.6) is 0 Å². The van der Waals surface area contributed by atoms with Crippen LogP contribution in [0.15, 0.2) is 48.5 Å². The van der Waals surface area contributed by atoms with E-state index in [4.69, 9.17) is 0 Å². The second kappa shape index (κ2) is 7.65. The number of aryl methyl sites for hydroxylation is 1. The molecule has 25 heavy (non-hydrogen) atoms.